The Bertz CT molecular complexity index is 938. The summed E-state index contributed by atoms with van der Waals surface area (Å²) in [7, 11) is -1.98. The average molecular weight is 378 g/mol. The summed E-state index contributed by atoms with van der Waals surface area (Å²) in [5, 5.41) is 13.8. The Morgan fingerprint density at radius 1 is 1.19 bits per heavy atom. The maximum atomic E-state index is 12.4. The third-order valence-corrected chi connectivity index (χ3v) is 4.92. The van der Waals surface area contributed by atoms with Crippen molar-refractivity contribution in [2.45, 2.75) is 17.9 Å². The topological polar surface area (TPSA) is 116 Å². The van der Waals surface area contributed by atoms with E-state index in [9.17, 15) is 23.3 Å². The second-order valence-corrected chi connectivity index (χ2v) is 7.70. The molecule has 0 aliphatic rings. The lowest BCUT2D eigenvalue weighted by Gasteiger charge is -2.15. The number of nitro groups is 1. The van der Waals surface area contributed by atoms with E-state index in [4.69, 9.17) is 4.74 Å². The molecule has 0 aromatic heterocycles. The highest BCUT2D eigenvalue weighted by atomic mass is 32.2. The van der Waals surface area contributed by atoms with Gasteiger partial charge >= 0.3 is 5.69 Å². The van der Waals surface area contributed by atoms with E-state index >= 15 is 0 Å². The summed E-state index contributed by atoms with van der Waals surface area (Å²) in [5.41, 5.74) is 0.524. The molecule has 2 aromatic carbocycles. The lowest BCUT2D eigenvalue weighted by Crippen LogP contribution is -2.26. The minimum Gasteiger partial charge on any atom is -0.490 e. The van der Waals surface area contributed by atoms with Gasteiger partial charge in [-0.3, -0.25) is 14.9 Å². The van der Waals surface area contributed by atoms with Crippen molar-refractivity contribution in [2.75, 3.05) is 13.4 Å². The van der Waals surface area contributed by atoms with Crippen LogP contribution in [0.5, 0.6) is 5.75 Å². The van der Waals surface area contributed by atoms with Crippen LogP contribution in [-0.4, -0.2) is 32.6 Å². The van der Waals surface area contributed by atoms with Crippen molar-refractivity contribution in [1.29, 1.82) is 0 Å². The highest BCUT2D eigenvalue weighted by Gasteiger charge is 2.19. The number of methoxy groups -OCH3 is 1. The second kappa shape index (κ2) is 7.52. The summed E-state index contributed by atoms with van der Waals surface area (Å²) in [4.78, 5) is 23.0. The van der Waals surface area contributed by atoms with E-state index in [-0.39, 0.29) is 21.9 Å². The van der Waals surface area contributed by atoms with Gasteiger partial charge in [0.2, 0.25) is 0 Å². The van der Waals surface area contributed by atoms with Gasteiger partial charge in [-0.2, -0.15) is 0 Å². The second-order valence-electron chi connectivity index (χ2n) is 5.68. The Kier molecular flexibility index (Phi) is 5.61. The molecule has 0 bridgehead atoms. The van der Waals surface area contributed by atoms with Crippen LogP contribution in [0.1, 0.15) is 28.9 Å². The molecule has 0 saturated heterocycles. The van der Waals surface area contributed by atoms with Crippen LogP contribution in [0.15, 0.2) is 47.4 Å². The van der Waals surface area contributed by atoms with Crippen molar-refractivity contribution in [3.8, 4) is 5.75 Å². The average Bonchev–Trinajstić information content (AvgIpc) is 2.60. The number of hydrogen-bond donors (Lipinski definition) is 1. The fraction of sp³-hybridized carbons (Fsp3) is 0.235. The van der Waals surface area contributed by atoms with Crippen LogP contribution in [0, 0.1) is 10.1 Å². The molecule has 0 radical (unpaired) electrons. The zero-order chi connectivity index (χ0) is 19.5. The molecule has 26 heavy (non-hydrogen) atoms. The van der Waals surface area contributed by atoms with Gasteiger partial charge in [0.1, 0.15) is 0 Å². The third kappa shape index (κ3) is 4.37. The number of carbonyl (C=O) groups excluding carboxylic acids is 1. The number of sulfone groups is 1. The monoisotopic (exact) mass is 378 g/mol. The minimum atomic E-state index is -3.29. The van der Waals surface area contributed by atoms with E-state index in [0.29, 0.717) is 5.56 Å². The smallest absolute Gasteiger partial charge is 0.311 e. The number of nitro benzene ring substituents is 1. The van der Waals surface area contributed by atoms with Gasteiger partial charge in [0.05, 0.1) is 23.0 Å². The van der Waals surface area contributed by atoms with Crippen LogP contribution >= 0.6 is 0 Å². The summed E-state index contributed by atoms with van der Waals surface area (Å²) in [6.07, 6.45) is 1.11. The summed E-state index contributed by atoms with van der Waals surface area (Å²) in [5.74, 6) is -0.425. The van der Waals surface area contributed by atoms with E-state index in [1.54, 1.807) is 19.1 Å². The van der Waals surface area contributed by atoms with Gasteiger partial charge in [0.25, 0.3) is 5.91 Å². The molecule has 138 valence electrons. The first kappa shape index (κ1) is 19.4. The molecule has 0 saturated carbocycles. The number of benzene rings is 2. The lowest BCUT2D eigenvalue weighted by atomic mass is 10.1. The Labute approximate surface area is 150 Å². The number of carbonyl (C=O) groups is 1. The SMILES string of the molecule is COc1ccc(C(=O)N[C@@H](C)c2ccc(S(C)(=O)=O)cc2)cc1[N+](=O)[O-]. The fourth-order valence-corrected chi connectivity index (χ4v) is 2.97. The first-order valence-electron chi connectivity index (χ1n) is 7.57. The van der Waals surface area contributed by atoms with Crippen LogP contribution in [0.2, 0.25) is 0 Å². The van der Waals surface area contributed by atoms with Crippen molar-refractivity contribution in [3.63, 3.8) is 0 Å². The van der Waals surface area contributed by atoms with Crippen LogP contribution in [0.4, 0.5) is 5.69 Å². The van der Waals surface area contributed by atoms with Gasteiger partial charge in [-0.15, -0.1) is 0 Å². The molecule has 0 aliphatic heterocycles. The first-order valence-corrected chi connectivity index (χ1v) is 9.46. The Morgan fingerprint density at radius 2 is 1.81 bits per heavy atom. The molecule has 9 heteroatoms. The number of nitrogens with zero attached hydrogens (tertiary/aromatic N) is 1. The zero-order valence-electron chi connectivity index (χ0n) is 14.4. The van der Waals surface area contributed by atoms with Crippen molar-refractivity contribution < 1.29 is 22.9 Å². The maximum absolute atomic E-state index is 12.4. The molecular weight excluding hydrogens is 360 g/mol. The summed E-state index contributed by atoms with van der Waals surface area (Å²) in [6, 6.07) is 9.66. The van der Waals surface area contributed by atoms with Gasteiger partial charge in [-0.25, -0.2) is 8.42 Å². The molecule has 1 N–H and O–H groups in total. The van der Waals surface area contributed by atoms with Crippen LogP contribution in [-0.2, 0) is 9.84 Å². The molecule has 1 amide bonds. The Hall–Kier alpha value is -2.94. The molecule has 0 fully saturated rings. The fourth-order valence-electron chi connectivity index (χ4n) is 2.34. The Morgan fingerprint density at radius 3 is 2.31 bits per heavy atom. The molecule has 0 unspecified atom stereocenters. The van der Waals surface area contributed by atoms with E-state index in [0.717, 1.165) is 12.3 Å². The van der Waals surface area contributed by atoms with Gasteiger partial charge < -0.3 is 10.1 Å². The standard InChI is InChI=1S/C17H18N2O6S/c1-11(12-4-7-14(8-5-12)26(3,23)24)18-17(20)13-6-9-16(25-2)15(10-13)19(21)22/h4-11H,1-3H3,(H,18,20)/t11-/m0/s1. The summed E-state index contributed by atoms with van der Waals surface area (Å²) < 4.78 is 27.9. The van der Waals surface area contributed by atoms with Crippen molar-refractivity contribution in [3.05, 3.63) is 63.7 Å². The summed E-state index contributed by atoms with van der Waals surface area (Å²) in [6.45, 7) is 1.73. The van der Waals surface area contributed by atoms with Gasteiger partial charge in [0, 0.05) is 17.9 Å². The normalized spacial score (nSPS) is 12.3. The Balaban J connectivity index is 2.19. The van der Waals surface area contributed by atoms with E-state index < -0.39 is 26.7 Å². The quantitative estimate of drug-likeness (QED) is 0.610. The number of amides is 1. The summed E-state index contributed by atoms with van der Waals surface area (Å²) >= 11 is 0. The number of nitrogens with one attached hydrogen (secondary N) is 1. The minimum absolute atomic E-state index is 0.0657. The number of hydrogen-bond acceptors (Lipinski definition) is 6. The number of ether oxygens (including phenoxy) is 1. The lowest BCUT2D eigenvalue weighted by molar-refractivity contribution is -0.385. The van der Waals surface area contributed by atoms with Crippen molar-refractivity contribution >= 4 is 21.4 Å². The molecule has 0 aliphatic carbocycles. The van der Waals surface area contributed by atoms with E-state index in [2.05, 4.69) is 5.32 Å². The predicted octanol–water partition coefficient (Wildman–Crippen LogP) is 2.50. The molecule has 8 nitrogen and oxygen atoms in total. The molecule has 0 heterocycles. The molecule has 1 atom stereocenters. The van der Waals surface area contributed by atoms with Gasteiger partial charge in [-0.05, 0) is 36.8 Å². The zero-order valence-corrected chi connectivity index (χ0v) is 15.2. The van der Waals surface area contributed by atoms with Crippen molar-refractivity contribution in [2.24, 2.45) is 0 Å². The first-order chi connectivity index (χ1) is 12.1. The van der Waals surface area contributed by atoms with Crippen molar-refractivity contribution in [1.82, 2.24) is 5.32 Å². The van der Waals surface area contributed by atoms with E-state index in [1.165, 1.54) is 31.4 Å². The van der Waals surface area contributed by atoms with Gasteiger partial charge in [0.15, 0.2) is 15.6 Å². The highest BCUT2D eigenvalue weighted by molar-refractivity contribution is 7.90. The molecule has 0 spiro atoms. The van der Waals surface area contributed by atoms with Crippen LogP contribution in [0.3, 0.4) is 0 Å². The molecule has 2 rings (SSSR count). The maximum Gasteiger partial charge on any atom is 0.311 e. The third-order valence-electron chi connectivity index (χ3n) is 3.79. The molecular formula is C17H18N2O6S. The molecule has 2 aromatic rings. The van der Waals surface area contributed by atoms with E-state index in [1.807, 2.05) is 0 Å². The van der Waals surface area contributed by atoms with Crippen LogP contribution < -0.4 is 10.1 Å². The largest absolute Gasteiger partial charge is 0.490 e. The van der Waals surface area contributed by atoms with Crippen LogP contribution in [0.25, 0.3) is 0 Å². The highest BCUT2D eigenvalue weighted by Crippen LogP contribution is 2.27. The number of rotatable bonds is 6. The van der Waals surface area contributed by atoms with Gasteiger partial charge in [-0.1, -0.05) is 12.1 Å². The predicted molar refractivity (Wildman–Crippen MR) is 95.1 cm³/mol.